The molecule has 0 aliphatic carbocycles. The van der Waals surface area contributed by atoms with E-state index in [2.05, 4.69) is 4.98 Å². The van der Waals surface area contributed by atoms with Crippen LogP contribution in [0.5, 0.6) is 5.75 Å². The van der Waals surface area contributed by atoms with Gasteiger partial charge in [-0.25, -0.2) is 4.98 Å². The molecule has 0 aliphatic heterocycles. The maximum absolute atomic E-state index is 10.8. The Morgan fingerprint density at radius 3 is 2.45 bits per heavy atom. The van der Waals surface area contributed by atoms with Crippen LogP contribution in [0.3, 0.4) is 0 Å². The molecule has 20 heavy (non-hydrogen) atoms. The van der Waals surface area contributed by atoms with Gasteiger partial charge in [-0.15, -0.1) is 0 Å². The highest BCUT2D eigenvalue weighted by atomic mass is 16.5. The van der Waals surface area contributed by atoms with Crippen molar-refractivity contribution in [2.24, 2.45) is 0 Å². The predicted molar refractivity (Wildman–Crippen MR) is 79.7 cm³/mol. The molecule has 1 atom stereocenters. The van der Waals surface area contributed by atoms with Crippen molar-refractivity contribution in [2.75, 3.05) is 12.8 Å². The van der Waals surface area contributed by atoms with Crippen LogP contribution in [0.25, 0.3) is 0 Å². The molecule has 0 aliphatic rings. The Labute approximate surface area is 119 Å². The standard InChI is InChI=1S/C16H20N2O2/c1-11-8-9-18-15(17)14(11)16(2,19)10-12-4-6-13(20-3)7-5-12/h4-9,19H,10H2,1-3H3,(H2,17,18). The predicted octanol–water partition coefficient (Wildman–Crippen LogP) is 2.43. The van der Waals surface area contributed by atoms with E-state index in [1.807, 2.05) is 37.3 Å². The van der Waals surface area contributed by atoms with Crippen LogP contribution in [0.4, 0.5) is 5.82 Å². The van der Waals surface area contributed by atoms with Crippen LogP contribution in [0.1, 0.15) is 23.6 Å². The number of methoxy groups -OCH3 is 1. The van der Waals surface area contributed by atoms with E-state index in [0.717, 1.165) is 16.9 Å². The van der Waals surface area contributed by atoms with E-state index in [1.54, 1.807) is 20.2 Å². The molecule has 0 fully saturated rings. The van der Waals surface area contributed by atoms with Gasteiger partial charge in [0.05, 0.1) is 12.7 Å². The smallest absolute Gasteiger partial charge is 0.129 e. The number of rotatable bonds is 4. The third-order valence-corrected chi connectivity index (χ3v) is 3.43. The summed E-state index contributed by atoms with van der Waals surface area (Å²) in [5.74, 6) is 1.17. The van der Waals surface area contributed by atoms with Gasteiger partial charge in [-0.1, -0.05) is 12.1 Å². The SMILES string of the molecule is COc1ccc(CC(C)(O)c2c(C)ccnc2N)cc1. The molecule has 0 saturated heterocycles. The zero-order valence-electron chi connectivity index (χ0n) is 12.1. The molecule has 3 N–H and O–H groups in total. The number of nitrogens with two attached hydrogens (primary N) is 1. The summed E-state index contributed by atoms with van der Waals surface area (Å²) in [6.45, 7) is 3.69. The Bertz CT molecular complexity index is 572. The van der Waals surface area contributed by atoms with Crippen LogP contribution in [0.15, 0.2) is 36.5 Å². The number of aliphatic hydroxyl groups is 1. The van der Waals surface area contributed by atoms with Gasteiger partial charge in [-0.3, -0.25) is 0 Å². The molecule has 1 aromatic carbocycles. The minimum Gasteiger partial charge on any atom is -0.497 e. The summed E-state index contributed by atoms with van der Waals surface area (Å²) in [4.78, 5) is 4.07. The van der Waals surface area contributed by atoms with E-state index in [0.29, 0.717) is 17.8 Å². The van der Waals surface area contributed by atoms with Crippen molar-refractivity contribution >= 4 is 5.82 Å². The molecular weight excluding hydrogens is 252 g/mol. The van der Waals surface area contributed by atoms with Crippen LogP contribution in [-0.2, 0) is 12.0 Å². The third-order valence-electron chi connectivity index (χ3n) is 3.43. The van der Waals surface area contributed by atoms with Crippen LogP contribution in [0.2, 0.25) is 0 Å². The number of pyridine rings is 1. The number of anilines is 1. The summed E-state index contributed by atoms with van der Waals surface area (Å²) in [7, 11) is 1.63. The number of benzene rings is 1. The zero-order chi connectivity index (χ0) is 14.8. The van der Waals surface area contributed by atoms with E-state index < -0.39 is 5.60 Å². The van der Waals surface area contributed by atoms with Gasteiger partial charge in [0.1, 0.15) is 11.6 Å². The Morgan fingerprint density at radius 2 is 1.90 bits per heavy atom. The Balaban J connectivity index is 2.30. The number of hydrogen-bond donors (Lipinski definition) is 2. The first-order valence-corrected chi connectivity index (χ1v) is 6.51. The second-order valence-corrected chi connectivity index (χ2v) is 5.19. The summed E-state index contributed by atoms with van der Waals surface area (Å²) in [6, 6.07) is 9.49. The van der Waals surface area contributed by atoms with Crippen LogP contribution >= 0.6 is 0 Å². The number of nitrogens with zero attached hydrogens (tertiary/aromatic N) is 1. The van der Waals surface area contributed by atoms with Gasteiger partial charge >= 0.3 is 0 Å². The maximum Gasteiger partial charge on any atom is 0.129 e. The lowest BCUT2D eigenvalue weighted by Gasteiger charge is -2.26. The number of aromatic nitrogens is 1. The van der Waals surface area contributed by atoms with Crippen molar-refractivity contribution in [1.82, 2.24) is 4.98 Å². The number of nitrogen functional groups attached to an aromatic ring is 1. The van der Waals surface area contributed by atoms with E-state index in [9.17, 15) is 5.11 Å². The number of hydrogen-bond acceptors (Lipinski definition) is 4. The van der Waals surface area contributed by atoms with Crippen molar-refractivity contribution in [3.8, 4) is 5.75 Å². The lowest BCUT2D eigenvalue weighted by Crippen LogP contribution is -2.27. The minimum absolute atomic E-state index is 0.378. The highest BCUT2D eigenvalue weighted by Gasteiger charge is 2.28. The summed E-state index contributed by atoms with van der Waals surface area (Å²) < 4.78 is 5.13. The van der Waals surface area contributed by atoms with Gasteiger partial charge < -0.3 is 15.6 Å². The molecule has 1 aromatic heterocycles. The van der Waals surface area contributed by atoms with E-state index in [1.165, 1.54) is 0 Å². The molecule has 0 radical (unpaired) electrons. The Morgan fingerprint density at radius 1 is 1.25 bits per heavy atom. The van der Waals surface area contributed by atoms with Crippen molar-refractivity contribution in [2.45, 2.75) is 25.9 Å². The monoisotopic (exact) mass is 272 g/mol. The summed E-state index contributed by atoms with van der Waals surface area (Å²) in [5, 5.41) is 10.8. The first kappa shape index (κ1) is 14.3. The maximum atomic E-state index is 10.8. The molecule has 0 bridgehead atoms. The average Bonchev–Trinajstić information content (AvgIpc) is 2.38. The summed E-state index contributed by atoms with van der Waals surface area (Å²) >= 11 is 0. The molecule has 1 unspecified atom stereocenters. The fraction of sp³-hybridized carbons (Fsp3) is 0.312. The second-order valence-electron chi connectivity index (χ2n) is 5.19. The first-order valence-electron chi connectivity index (χ1n) is 6.51. The van der Waals surface area contributed by atoms with E-state index in [4.69, 9.17) is 10.5 Å². The highest BCUT2D eigenvalue weighted by molar-refractivity contribution is 5.48. The Hall–Kier alpha value is -2.07. The molecule has 106 valence electrons. The topological polar surface area (TPSA) is 68.4 Å². The number of aryl methyl sites for hydroxylation is 1. The lowest BCUT2D eigenvalue weighted by atomic mass is 9.87. The van der Waals surface area contributed by atoms with Gasteiger partial charge in [-0.05, 0) is 43.2 Å². The second kappa shape index (κ2) is 5.51. The summed E-state index contributed by atoms with van der Waals surface area (Å²) in [6.07, 6.45) is 2.12. The average molecular weight is 272 g/mol. The van der Waals surface area contributed by atoms with Crippen molar-refractivity contribution in [1.29, 1.82) is 0 Å². The highest BCUT2D eigenvalue weighted by Crippen LogP contribution is 2.31. The molecule has 2 aromatic rings. The molecular formula is C16H20N2O2. The van der Waals surface area contributed by atoms with E-state index >= 15 is 0 Å². The van der Waals surface area contributed by atoms with Crippen molar-refractivity contribution in [3.63, 3.8) is 0 Å². The fourth-order valence-corrected chi connectivity index (χ4v) is 2.51. The van der Waals surface area contributed by atoms with Crippen LogP contribution < -0.4 is 10.5 Å². The number of ether oxygens (including phenoxy) is 1. The van der Waals surface area contributed by atoms with Gasteiger partial charge in [0.2, 0.25) is 0 Å². The van der Waals surface area contributed by atoms with Crippen molar-refractivity contribution < 1.29 is 9.84 Å². The summed E-state index contributed by atoms with van der Waals surface area (Å²) in [5.41, 5.74) is 7.50. The zero-order valence-corrected chi connectivity index (χ0v) is 12.1. The third kappa shape index (κ3) is 2.91. The minimum atomic E-state index is -1.06. The molecule has 0 spiro atoms. The molecule has 4 nitrogen and oxygen atoms in total. The Kier molecular flexibility index (Phi) is 3.95. The largest absolute Gasteiger partial charge is 0.497 e. The molecule has 1 heterocycles. The quantitative estimate of drug-likeness (QED) is 0.897. The molecule has 0 saturated carbocycles. The van der Waals surface area contributed by atoms with Gasteiger partial charge in [0.15, 0.2) is 0 Å². The lowest BCUT2D eigenvalue weighted by molar-refractivity contribution is 0.0575. The van der Waals surface area contributed by atoms with Crippen molar-refractivity contribution in [3.05, 3.63) is 53.2 Å². The van der Waals surface area contributed by atoms with Gasteiger partial charge in [0, 0.05) is 18.2 Å². The van der Waals surface area contributed by atoms with Crippen LogP contribution in [-0.4, -0.2) is 17.2 Å². The fourth-order valence-electron chi connectivity index (χ4n) is 2.51. The normalized spacial score (nSPS) is 13.8. The van der Waals surface area contributed by atoms with Gasteiger partial charge in [0.25, 0.3) is 0 Å². The molecule has 4 heteroatoms. The van der Waals surface area contributed by atoms with Crippen LogP contribution in [0, 0.1) is 6.92 Å². The molecule has 0 amide bonds. The molecule has 2 rings (SSSR count). The van der Waals surface area contributed by atoms with Gasteiger partial charge in [-0.2, -0.15) is 0 Å². The first-order chi connectivity index (χ1) is 9.44. The van der Waals surface area contributed by atoms with E-state index in [-0.39, 0.29) is 0 Å².